The van der Waals surface area contributed by atoms with E-state index >= 15 is 0 Å². The summed E-state index contributed by atoms with van der Waals surface area (Å²) < 4.78 is 0. The number of hydrogen-bond donors (Lipinski definition) is 2. The molecule has 0 saturated carbocycles. The number of aliphatic hydroxyl groups excluding tert-OH is 1. The molecule has 2 atom stereocenters. The molecule has 0 bridgehead atoms. The third-order valence-electron chi connectivity index (χ3n) is 2.98. The van der Waals surface area contributed by atoms with E-state index in [-0.39, 0.29) is 0 Å². The van der Waals surface area contributed by atoms with E-state index in [1.807, 2.05) is 0 Å². The number of piperidine rings is 1. The van der Waals surface area contributed by atoms with Gasteiger partial charge in [0.2, 0.25) is 0 Å². The molecule has 0 spiro atoms. The molecular formula is C12H25NO. The minimum Gasteiger partial charge on any atom is -0.396 e. The lowest BCUT2D eigenvalue weighted by atomic mass is 9.78. The fourth-order valence-electron chi connectivity index (χ4n) is 2.52. The maximum atomic E-state index is 8.90. The van der Waals surface area contributed by atoms with E-state index in [1.165, 1.54) is 19.3 Å². The van der Waals surface area contributed by atoms with Crippen molar-refractivity contribution in [2.24, 2.45) is 11.3 Å². The van der Waals surface area contributed by atoms with Gasteiger partial charge in [0, 0.05) is 12.6 Å². The van der Waals surface area contributed by atoms with Crippen molar-refractivity contribution in [2.45, 2.75) is 52.5 Å². The SMILES string of the molecule is CC(C)(C)CC1CCNC(CCO)C1. The summed E-state index contributed by atoms with van der Waals surface area (Å²) in [5.74, 6) is 0.854. The summed E-state index contributed by atoms with van der Waals surface area (Å²) in [6.07, 6.45) is 4.79. The van der Waals surface area contributed by atoms with Crippen LogP contribution in [0.4, 0.5) is 0 Å². The molecule has 2 heteroatoms. The van der Waals surface area contributed by atoms with Crippen LogP contribution in [-0.4, -0.2) is 24.3 Å². The summed E-state index contributed by atoms with van der Waals surface area (Å²) in [5, 5.41) is 12.4. The van der Waals surface area contributed by atoms with E-state index in [4.69, 9.17) is 5.11 Å². The van der Waals surface area contributed by atoms with Gasteiger partial charge in [-0.2, -0.15) is 0 Å². The molecule has 1 aliphatic heterocycles. The first-order valence-corrected chi connectivity index (χ1v) is 5.85. The monoisotopic (exact) mass is 199 g/mol. The van der Waals surface area contributed by atoms with Crippen molar-refractivity contribution >= 4 is 0 Å². The molecule has 1 fully saturated rings. The molecule has 1 aliphatic rings. The lowest BCUT2D eigenvalue weighted by Crippen LogP contribution is -2.39. The molecule has 0 aromatic carbocycles. The third-order valence-corrected chi connectivity index (χ3v) is 2.98. The quantitative estimate of drug-likeness (QED) is 0.730. The first-order chi connectivity index (χ1) is 6.51. The van der Waals surface area contributed by atoms with Crippen LogP contribution < -0.4 is 5.32 Å². The van der Waals surface area contributed by atoms with Gasteiger partial charge < -0.3 is 10.4 Å². The number of hydrogen-bond acceptors (Lipinski definition) is 2. The molecule has 2 unspecified atom stereocenters. The molecule has 0 amide bonds. The van der Waals surface area contributed by atoms with Gasteiger partial charge in [0.15, 0.2) is 0 Å². The zero-order valence-electron chi connectivity index (χ0n) is 9.84. The molecule has 0 radical (unpaired) electrons. The molecule has 14 heavy (non-hydrogen) atoms. The van der Waals surface area contributed by atoms with Crippen LogP contribution in [0.2, 0.25) is 0 Å². The van der Waals surface area contributed by atoms with Crippen LogP contribution in [0, 0.1) is 11.3 Å². The second-order valence-corrected chi connectivity index (χ2v) is 5.82. The first-order valence-electron chi connectivity index (χ1n) is 5.85. The summed E-state index contributed by atoms with van der Waals surface area (Å²) >= 11 is 0. The van der Waals surface area contributed by atoms with Crippen LogP contribution in [0.1, 0.15) is 46.5 Å². The topological polar surface area (TPSA) is 32.3 Å². The lowest BCUT2D eigenvalue weighted by Gasteiger charge is -2.33. The van der Waals surface area contributed by atoms with Crippen molar-refractivity contribution in [1.29, 1.82) is 0 Å². The molecule has 2 N–H and O–H groups in total. The minimum atomic E-state index is 0.319. The van der Waals surface area contributed by atoms with Crippen molar-refractivity contribution in [3.8, 4) is 0 Å². The largest absolute Gasteiger partial charge is 0.396 e. The van der Waals surface area contributed by atoms with Crippen LogP contribution in [0.5, 0.6) is 0 Å². The molecule has 0 aromatic rings. The number of aliphatic hydroxyl groups is 1. The van der Waals surface area contributed by atoms with Crippen LogP contribution in [-0.2, 0) is 0 Å². The maximum absolute atomic E-state index is 8.90. The summed E-state index contributed by atoms with van der Waals surface area (Å²) in [6, 6.07) is 0.557. The van der Waals surface area contributed by atoms with Gasteiger partial charge in [-0.05, 0) is 43.6 Å². The van der Waals surface area contributed by atoms with Crippen LogP contribution in [0.25, 0.3) is 0 Å². The maximum Gasteiger partial charge on any atom is 0.0445 e. The van der Waals surface area contributed by atoms with Gasteiger partial charge in [-0.3, -0.25) is 0 Å². The van der Waals surface area contributed by atoms with E-state index in [2.05, 4.69) is 26.1 Å². The zero-order valence-corrected chi connectivity index (χ0v) is 9.84. The van der Waals surface area contributed by atoms with Gasteiger partial charge in [0.05, 0.1) is 0 Å². The van der Waals surface area contributed by atoms with Gasteiger partial charge >= 0.3 is 0 Å². The molecule has 2 nitrogen and oxygen atoms in total. The Balaban J connectivity index is 2.32. The summed E-state index contributed by atoms with van der Waals surface area (Å²) in [5.41, 5.74) is 0.450. The Labute approximate surface area is 88.1 Å². The summed E-state index contributed by atoms with van der Waals surface area (Å²) in [4.78, 5) is 0. The summed E-state index contributed by atoms with van der Waals surface area (Å²) in [7, 11) is 0. The molecule has 1 rings (SSSR count). The zero-order chi connectivity index (χ0) is 10.6. The highest BCUT2D eigenvalue weighted by atomic mass is 16.3. The van der Waals surface area contributed by atoms with Gasteiger partial charge in [0.1, 0.15) is 0 Å². The lowest BCUT2D eigenvalue weighted by molar-refractivity contribution is 0.191. The standard InChI is InChI=1S/C12H25NO/c1-12(2,3)9-10-4-6-13-11(8-10)5-7-14/h10-11,13-14H,4-9H2,1-3H3. The highest BCUT2D eigenvalue weighted by Gasteiger charge is 2.24. The predicted octanol–water partition coefficient (Wildman–Crippen LogP) is 2.17. The molecule has 0 aliphatic carbocycles. The van der Waals surface area contributed by atoms with Gasteiger partial charge in [-0.15, -0.1) is 0 Å². The van der Waals surface area contributed by atoms with E-state index in [0.29, 0.717) is 18.1 Å². The molecule has 1 heterocycles. The fraction of sp³-hybridized carbons (Fsp3) is 1.00. The minimum absolute atomic E-state index is 0.319. The Bertz CT molecular complexity index is 160. The third kappa shape index (κ3) is 4.43. The normalized spacial score (nSPS) is 29.1. The average molecular weight is 199 g/mol. The molecule has 84 valence electrons. The molecular weight excluding hydrogens is 174 g/mol. The van der Waals surface area contributed by atoms with E-state index in [9.17, 15) is 0 Å². The van der Waals surface area contributed by atoms with Crippen molar-refractivity contribution in [2.75, 3.05) is 13.2 Å². The highest BCUT2D eigenvalue weighted by molar-refractivity contribution is 4.80. The second kappa shape index (κ2) is 5.13. The number of nitrogens with one attached hydrogen (secondary N) is 1. The van der Waals surface area contributed by atoms with Crippen LogP contribution >= 0.6 is 0 Å². The van der Waals surface area contributed by atoms with Crippen molar-refractivity contribution < 1.29 is 5.11 Å². The Morgan fingerprint density at radius 3 is 2.64 bits per heavy atom. The summed E-state index contributed by atoms with van der Waals surface area (Å²) in [6.45, 7) is 8.40. The van der Waals surface area contributed by atoms with Gasteiger partial charge in [0.25, 0.3) is 0 Å². The smallest absolute Gasteiger partial charge is 0.0445 e. The fourth-order valence-corrected chi connectivity index (χ4v) is 2.52. The Morgan fingerprint density at radius 1 is 1.36 bits per heavy atom. The highest BCUT2D eigenvalue weighted by Crippen LogP contribution is 2.31. The van der Waals surface area contributed by atoms with E-state index in [1.54, 1.807) is 0 Å². The van der Waals surface area contributed by atoms with Crippen molar-refractivity contribution in [1.82, 2.24) is 5.32 Å². The van der Waals surface area contributed by atoms with Crippen molar-refractivity contribution in [3.05, 3.63) is 0 Å². The Kier molecular flexibility index (Phi) is 4.39. The number of rotatable bonds is 3. The van der Waals surface area contributed by atoms with Gasteiger partial charge in [-0.1, -0.05) is 20.8 Å². The molecule has 1 saturated heterocycles. The van der Waals surface area contributed by atoms with Gasteiger partial charge in [-0.25, -0.2) is 0 Å². The second-order valence-electron chi connectivity index (χ2n) is 5.82. The predicted molar refractivity (Wildman–Crippen MR) is 60.3 cm³/mol. The first kappa shape index (κ1) is 12.0. The Hall–Kier alpha value is -0.0800. The van der Waals surface area contributed by atoms with Crippen molar-refractivity contribution in [3.63, 3.8) is 0 Å². The van der Waals surface area contributed by atoms with E-state index in [0.717, 1.165) is 18.9 Å². The average Bonchev–Trinajstić information content (AvgIpc) is 2.02. The molecule has 0 aromatic heterocycles. The Morgan fingerprint density at radius 2 is 2.07 bits per heavy atom. The van der Waals surface area contributed by atoms with Crippen LogP contribution in [0.15, 0.2) is 0 Å². The van der Waals surface area contributed by atoms with Crippen LogP contribution in [0.3, 0.4) is 0 Å². The van der Waals surface area contributed by atoms with E-state index < -0.39 is 0 Å².